The lowest BCUT2D eigenvalue weighted by atomic mass is 10.3. The van der Waals surface area contributed by atoms with Crippen molar-refractivity contribution in [3.05, 3.63) is 0 Å². The van der Waals surface area contributed by atoms with E-state index in [-0.39, 0.29) is 0 Å². The van der Waals surface area contributed by atoms with Crippen LogP contribution in [0.25, 0.3) is 0 Å². The van der Waals surface area contributed by atoms with E-state index in [0.717, 1.165) is 39.3 Å². The Morgan fingerprint density at radius 3 is 2.41 bits per heavy atom. The minimum atomic E-state index is 0.311. The molecule has 0 aliphatic carbocycles. The van der Waals surface area contributed by atoms with Crippen molar-refractivity contribution >= 4 is 17.7 Å². The zero-order valence-electron chi connectivity index (χ0n) is 10.8. The van der Waals surface area contributed by atoms with Crippen LogP contribution in [0.5, 0.6) is 0 Å². The average Bonchev–Trinajstić information content (AvgIpc) is 2.29. The first-order valence-corrected chi connectivity index (χ1v) is 7.45. The highest BCUT2D eigenvalue weighted by Crippen LogP contribution is 2.24. The summed E-state index contributed by atoms with van der Waals surface area (Å²) in [5.74, 6) is 0.311. The van der Waals surface area contributed by atoms with Crippen molar-refractivity contribution in [2.45, 2.75) is 24.3 Å². The van der Waals surface area contributed by atoms with Crippen LogP contribution in [0.2, 0.25) is 0 Å². The molecular weight excluding hydrogens is 234 g/mol. The van der Waals surface area contributed by atoms with Crippen molar-refractivity contribution in [2.24, 2.45) is 0 Å². The number of nitrogens with zero attached hydrogens (tertiary/aromatic N) is 2. The van der Waals surface area contributed by atoms with Gasteiger partial charge >= 0.3 is 0 Å². The van der Waals surface area contributed by atoms with Gasteiger partial charge in [-0.05, 0) is 0 Å². The third kappa shape index (κ3) is 3.86. The standard InChI is InChI=1S/C12H23N3OS/c1-10-7-15(8-11(2)17-10)12(16)9-14-5-3-13-4-6-14/h10-11,13H,3-9H2,1-2H3. The Balaban J connectivity index is 1.81. The Kier molecular flexibility index (Phi) is 4.70. The average molecular weight is 257 g/mol. The first kappa shape index (κ1) is 13.2. The predicted octanol–water partition coefficient (Wildman–Crippen LogP) is 0.244. The van der Waals surface area contributed by atoms with E-state index in [1.54, 1.807) is 0 Å². The molecule has 2 saturated heterocycles. The third-order valence-corrected chi connectivity index (χ3v) is 4.57. The maximum atomic E-state index is 12.2. The van der Waals surface area contributed by atoms with Crippen LogP contribution >= 0.6 is 11.8 Å². The summed E-state index contributed by atoms with van der Waals surface area (Å²) >= 11 is 1.99. The first-order valence-electron chi connectivity index (χ1n) is 6.51. The summed E-state index contributed by atoms with van der Waals surface area (Å²) in [5, 5.41) is 4.46. The maximum Gasteiger partial charge on any atom is 0.236 e. The molecule has 2 fully saturated rings. The fourth-order valence-corrected chi connectivity index (χ4v) is 3.87. The molecule has 0 radical (unpaired) electrons. The Labute approximate surface area is 108 Å². The smallest absolute Gasteiger partial charge is 0.236 e. The van der Waals surface area contributed by atoms with E-state index >= 15 is 0 Å². The summed E-state index contributed by atoms with van der Waals surface area (Å²) in [6.45, 7) is 10.9. The summed E-state index contributed by atoms with van der Waals surface area (Å²) in [6, 6.07) is 0. The molecule has 2 heterocycles. The number of amides is 1. The van der Waals surface area contributed by atoms with Gasteiger partial charge in [0.05, 0.1) is 6.54 Å². The number of piperazine rings is 1. The monoisotopic (exact) mass is 257 g/mol. The molecule has 0 aromatic rings. The summed E-state index contributed by atoms with van der Waals surface area (Å²) in [6.07, 6.45) is 0. The zero-order chi connectivity index (χ0) is 12.3. The quantitative estimate of drug-likeness (QED) is 0.769. The molecule has 5 heteroatoms. The van der Waals surface area contributed by atoms with Crippen LogP contribution in [0.15, 0.2) is 0 Å². The van der Waals surface area contributed by atoms with Crippen LogP contribution < -0.4 is 5.32 Å². The summed E-state index contributed by atoms with van der Waals surface area (Å²) < 4.78 is 0. The van der Waals surface area contributed by atoms with Crippen LogP contribution in [0.1, 0.15) is 13.8 Å². The van der Waals surface area contributed by atoms with Crippen LogP contribution in [-0.2, 0) is 4.79 Å². The fraction of sp³-hybridized carbons (Fsp3) is 0.917. The van der Waals surface area contributed by atoms with Gasteiger partial charge in [0.15, 0.2) is 0 Å². The van der Waals surface area contributed by atoms with Gasteiger partial charge in [-0.3, -0.25) is 9.69 Å². The third-order valence-electron chi connectivity index (χ3n) is 3.34. The molecule has 2 aliphatic heterocycles. The lowest BCUT2D eigenvalue weighted by Gasteiger charge is -2.36. The van der Waals surface area contributed by atoms with Gasteiger partial charge in [-0.2, -0.15) is 11.8 Å². The van der Waals surface area contributed by atoms with Crippen molar-refractivity contribution in [1.29, 1.82) is 0 Å². The van der Waals surface area contributed by atoms with E-state index < -0.39 is 0 Å². The fourth-order valence-electron chi connectivity index (χ4n) is 2.54. The summed E-state index contributed by atoms with van der Waals surface area (Å²) in [4.78, 5) is 16.5. The molecule has 0 aromatic carbocycles. The second kappa shape index (κ2) is 6.07. The predicted molar refractivity (Wildman–Crippen MR) is 72.4 cm³/mol. The van der Waals surface area contributed by atoms with Crippen LogP contribution in [0, 0.1) is 0 Å². The first-order chi connectivity index (χ1) is 8.15. The van der Waals surface area contributed by atoms with Gasteiger partial charge in [-0.15, -0.1) is 0 Å². The van der Waals surface area contributed by atoms with Crippen molar-refractivity contribution in [3.63, 3.8) is 0 Å². The molecule has 98 valence electrons. The van der Waals surface area contributed by atoms with E-state index in [1.807, 2.05) is 16.7 Å². The van der Waals surface area contributed by atoms with E-state index in [9.17, 15) is 4.79 Å². The second-order valence-electron chi connectivity index (χ2n) is 5.08. The highest BCUT2D eigenvalue weighted by atomic mass is 32.2. The number of carbonyl (C=O) groups is 1. The van der Waals surface area contributed by atoms with Gasteiger partial charge in [0.25, 0.3) is 0 Å². The number of carbonyl (C=O) groups excluding carboxylic acids is 1. The number of thioether (sulfide) groups is 1. The van der Waals surface area contributed by atoms with Crippen molar-refractivity contribution < 1.29 is 4.79 Å². The molecule has 2 aliphatic rings. The van der Waals surface area contributed by atoms with Gasteiger partial charge in [-0.25, -0.2) is 0 Å². The van der Waals surface area contributed by atoms with Gasteiger partial charge < -0.3 is 10.2 Å². The largest absolute Gasteiger partial charge is 0.339 e. The van der Waals surface area contributed by atoms with E-state index in [1.165, 1.54) is 0 Å². The molecule has 2 rings (SSSR count). The minimum absolute atomic E-state index is 0.311. The Morgan fingerprint density at radius 2 is 1.82 bits per heavy atom. The molecule has 1 amide bonds. The van der Waals surface area contributed by atoms with E-state index in [0.29, 0.717) is 23.0 Å². The highest BCUT2D eigenvalue weighted by molar-refractivity contribution is 8.00. The second-order valence-corrected chi connectivity index (χ2v) is 6.96. The van der Waals surface area contributed by atoms with Gasteiger partial charge in [-0.1, -0.05) is 13.8 Å². The normalized spacial score (nSPS) is 31.5. The SMILES string of the molecule is CC1CN(C(=O)CN2CCNCC2)CC(C)S1. The molecule has 2 atom stereocenters. The molecule has 1 N–H and O–H groups in total. The van der Waals surface area contributed by atoms with Crippen molar-refractivity contribution in [1.82, 2.24) is 15.1 Å². The van der Waals surface area contributed by atoms with Gasteiger partial charge in [0.1, 0.15) is 0 Å². The maximum absolute atomic E-state index is 12.2. The molecule has 2 unspecified atom stereocenters. The zero-order valence-corrected chi connectivity index (χ0v) is 11.6. The van der Waals surface area contributed by atoms with Crippen molar-refractivity contribution in [3.8, 4) is 0 Å². The lowest BCUT2D eigenvalue weighted by molar-refractivity contribution is -0.132. The van der Waals surface area contributed by atoms with Gasteiger partial charge in [0, 0.05) is 49.8 Å². The molecule has 0 spiro atoms. The highest BCUT2D eigenvalue weighted by Gasteiger charge is 2.26. The van der Waals surface area contributed by atoms with Crippen LogP contribution in [0.4, 0.5) is 0 Å². The van der Waals surface area contributed by atoms with E-state index in [4.69, 9.17) is 0 Å². The number of hydrogen-bond donors (Lipinski definition) is 1. The number of hydrogen-bond acceptors (Lipinski definition) is 4. The molecule has 17 heavy (non-hydrogen) atoms. The van der Waals surface area contributed by atoms with Crippen LogP contribution in [0.3, 0.4) is 0 Å². The Hall–Kier alpha value is -0.260. The summed E-state index contributed by atoms with van der Waals surface area (Å²) in [5.41, 5.74) is 0. The molecule has 0 aromatic heterocycles. The topological polar surface area (TPSA) is 35.6 Å². The molecule has 0 saturated carbocycles. The number of rotatable bonds is 2. The van der Waals surface area contributed by atoms with E-state index in [2.05, 4.69) is 24.1 Å². The van der Waals surface area contributed by atoms with Crippen LogP contribution in [-0.4, -0.2) is 72.0 Å². The molecule has 4 nitrogen and oxygen atoms in total. The minimum Gasteiger partial charge on any atom is -0.339 e. The van der Waals surface area contributed by atoms with Crippen molar-refractivity contribution in [2.75, 3.05) is 45.8 Å². The lowest BCUT2D eigenvalue weighted by Crippen LogP contribution is -2.51. The number of nitrogens with one attached hydrogen (secondary N) is 1. The molecule has 0 bridgehead atoms. The molecular formula is C12H23N3OS. The Bertz CT molecular complexity index is 258. The Morgan fingerprint density at radius 1 is 1.24 bits per heavy atom. The van der Waals surface area contributed by atoms with Gasteiger partial charge in [0.2, 0.25) is 5.91 Å². The summed E-state index contributed by atoms with van der Waals surface area (Å²) in [7, 11) is 0.